The van der Waals surface area contributed by atoms with E-state index < -0.39 is 4.92 Å². The van der Waals surface area contributed by atoms with E-state index in [1.165, 1.54) is 0 Å². The zero-order chi connectivity index (χ0) is 16.1. The second-order valence-corrected chi connectivity index (χ2v) is 5.04. The molecule has 0 atom stereocenters. The van der Waals surface area contributed by atoms with Crippen molar-refractivity contribution < 1.29 is 14.5 Å². The van der Waals surface area contributed by atoms with E-state index in [9.17, 15) is 14.9 Å². The minimum atomic E-state index is -0.399. The van der Waals surface area contributed by atoms with Crippen LogP contribution in [-0.2, 0) is 4.79 Å². The van der Waals surface area contributed by atoms with Crippen molar-refractivity contribution in [3.8, 4) is 5.75 Å². The molecule has 1 heterocycles. The van der Waals surface area contributed by atoms with E-state index in [4.69, 9.17) is 4.74 Å². The van der Waals surface area contributed by atoms with Crippen molar-refractivity contribution in [1.29, 1.82) is 0 Å². The lowest BCUT2D eigenvalue weighted by Gasteiger charge is -2.35. The number of piperazine rings is 1. The highest BCUT2D eigenvalue weighted by Crippen LogP contribution is 2.37. The third kappa shape index (κ3) is 3.29. The Balaban J connectivity index is 2.21. The number of carbonyl (C=O) groups is 1. The monoisotopic (exact) mass is 307 g/mol. The Hall–Kier alpha value is -2.31. The fraction of sp³-hybridized carbons (Fsp3) is 0.533. The molecule has 1 fully saturated rings. The van der Waals surface area contributed by atoms with Crippen molar-refractivity contribution in [3.05, 3.63) is 28.3 Å². The maximum absolute atomic E-state index is 11.7. The summed E-state index contributed by atoms with van der Waals surface area (Å²) < 4.78 is 5.37. The predicted octanol–water partition coefficient (Wildman–Crippen LogP) is 2.05. The average Bonchev–Trinajstić information content (AvgIpc) is 2.54. The number of carbonyl (C=O) groups excluding carboxylic acids is 1. The lowest BCUT2D eigenvalue weighted by atomic mass is 10.2. The number of nitrogens with zero attached hydrogens (tertiary/aromatic N) is 3. The first-order chi connectivity index (χ1) is 10.6. The molecule has 1 aliphatic heterocycles. The van der Waals surface area contributed by atoms with Crippen LogP contribution in [0.5, 0.6) is 5.75 Å². The molecule has 1 saturated heterocycles. The van der Waals surface area contributed by atoms with Gasteiger partial charge >= 0.3 is 5.69 Å². The Bertz CT molecular complexity index is 554. The Morgan fingerprint density at radius 1 is 1.27 bits per heavy atom. The maximum atomic E-state index is 11.7. The van der Waals surface area contributed by atoms with Crippen LogP contribution in [0.1, 0.15) is 20.3 Å². The van der Waals surface area contributed by atoms with E-state index in [0.29, 0.717) is 44.9 Å². The Morgan fingerprint density at radius 2 is 1.95 bits per heavy atom. The van der Waals surface area contributed by atoms with E-state index in [-0.39, 0.29) is 17.3 Å². The van der Waals surface area contributed by atoms with Gasteiger partial charge in [-0.3, -0.25) is 14.9 Å². The van der Waals surface area contributed by atoms with Gasteiger partial charge in [0.2, 0.25) is 5.91 Å². The topological polar surface area (TPSA) is 75.9 Å². The van der Waals surface area contributed by atoms with Crippen LogP contribution in [0.15, 0.2) is 18.2 Å². The molecule has 1 amide bonds. The average molecular weight is 307 g/mol. The van der Waals surface area contributed by atoms with Crippen molar-refractivity contribution in [2.75, 3.05) is 37.7 Å². The van der Waals surface area contributed by atoms with Crippen LogP contribution in [0.3, 0.4) is 0 Å². The van der Waals surface area contributed by atoms with E-state index in [1.54, 1.807) is 30.0 Å². The van der Waals surface area contributed by atoms with Crippen LogP contribution < -0.4 is 9.64 Å². The fourth-order valence-corrected chi connectivity index (χ4v) is 2.64. The second kappa shape index (κ2) is 7.11. The molecule has 7 nitrogen and oxygen atoms in total. The van der Waals surface area contributed by atoms with E-state index in [0.717, 1.165) is 0 Å². The molecule has 1 aromatic carbocycles. The summed E-state index contributed by atoms with van der Waals surface area (Å²) in [5.41, 5.74) is 0.555. The van der Waals surface area contributed by atoms with Gasteiger partial charge in [0.25, 0.3) is 0 Å². The summed E-state index contributed by atoms with van der Waals surface area (Å²) in [5.74, 6) is 0.411. The standard InChI is InChI=1S/C15H21N3O4/c1-3-14(19)17-10-8-16(9-11-17)12-6-5-7-13(22-4-2)15(12)18(20)21/h5-7H,3-4,8-11H2,1-2H3. The van der Waals surface area contributed by atoms with Gasteiger partial charge in [-0.2, -0.15) is 0 Å². The summed E-state index contributed by atoms with van der Waals surface area (Å²) in [6.45, 7) is 6.36. The van der Waals surface area contributed by atoms with E-state index >= 15 is 0 Å². The van der Waals surface area contributed by atoms with Crippen LogP contribution in [0, 0.1) is 10.1 Å². The van der Waals surface area contributed by atoms with Crippen molar-refractivity contribution in [3.63, 3.8) is 0 Å². The molecule has 2 rings (SSSR count). The summed E-state index contributed by atoms with van der Waals surface area (Å²) in [5, 5.41) is 11.4. The van der Waals surface area contributed by atoms with Gasteiger partial charge in [0.1, 0.15) is 5.69 Å². The van der Waals surface area contributed by atoms with Crippen LogP contribution in [0.25, 0.3) is 0 Å². The van der Waals surface area contributed by atoms with Crippen molar-refractivity contribution in [1.82, 2.24) is 4.90 Å². The van der Waals surface area contributed by atoms with Gasteiger partial charge in [-0.1, -0.05) is 13.0 Å². The first-order valence-corrected chi connectivity index (χ1v) is 7.51. The van der Waals surface area contributed by atoms with Crippen LogP contribution in [0.2, 0.25) is 0 Å². The summed E-state index contributed by atoms with van der Waals surface area (Å²) in [6, 6.07) is 5.11. The SMILES string of the molecule is CCOc1cccc(N2CCN(C(=O)CC)CC2)c1[N+](=O)[O-]. The molecule has 0 aromatic heterocycles. The smallest absolute Gasteiger partial charge is 0.333 e. The number of hydrogen-bond acceptors (Lipinski definition) is 5. The zero-order valence-electron chi connectivity index (χ0n) is 12.9. The Morgan fingerprint density at radius 3 is 2.50 bits per heavy atom. The number of amides is 1. The lowest BCUT2D eigenvalue weighted by molar-refractivity contribution is -0.385. The summed E-state index contributed by atoms with van der Waals surface area (Å²) in [6.07, 6.45) is 0.486. The summed E-state index contributed by atoms with van der Waals surface area (Å²) >= 11 is 0. The highest BCUT2D eigenvalue weighted by atomic mass is 16.6. The number of nitro benzene ring substituents is 1. The number of benzene rings is 1. The van der Waals surface area contributed by atoms with Crippen molar-refractivity contribution in [2.45, 2.75) is 20.3 Å². The highest BCUT2D eigenvalue weighted by Gasteiger charge is 2.28. The molecular weight excluding hydrogens is 286 g/mol. The number of nitro groups is 1. The Labute approximate surface area is 129 Å². The third-order valence-corrected chi connectivity index (χ3v) is 3.74. The van der Waals surface area contributed by atoms with Gasteiger partial charge in [0.15, 0.2) is 5.75 Å². The molecular formula is C15H21N3O4. The van der Waals surface area contributed by atoms with E-state index in [2.05, 4.69) is 0 Å². The molecule has 1 aliphatic rings. The molecule has 0 radical (unpaired) electrons. The molecule has 0 aliphatic carbocycles. The third-order valence-electron chi connectivity index (χ3n) is 3.74. The lowest BCUT2D eigenvalue weighted by Crippen LogP contribution is -2.48. The Kier molecular flexibility index (Phi) is 5.19. The molecule has 0 unspecified atom stereocenters. The number of hydrogen-bond donors (Lipinski definition) is 0. The molecule has 120 valence electrons. The maximum Gasteiger partial charge on any atom is 0.333 e. The number of rotatable bonds is 5. The van der Waals surface area contributed by atoms with Gasteiger partial charge in [-0.15, -0.1) is 0 Å². The summed E-state index contributed by atoms with van der Waals surface area (Å²) in [4.78, 5) is 26.5. The van der Waals surface area contributed by atoms with Crippen LogP contribution >= 0.6 is 0 Å². The van der Waals surface area contributed by atoms with Gasteiger partial charge < -0.3 is 14.5 Å². The molecule has 0 bridgehead atoms. The molecule has 0 saturated carbocycles. The number of ether oxygens (including phenoxy) is 1. The number of para-hydroxylation sites is 1. The second-order valence-electron chi connectivity index (χ2n) is 5.04. The molecule has 1 aromatic rings. The molecule has 0 N–H and O–H groups in total. The van der Waals surface area contributed by atoms with E-state index in [1.807, 2.05) is 11.8 Å². The zero-order valence-corrected chi connectivity index (χ0v) is 12.9. The minimum Gasteiger partial charge on any atom is -0.487 e. The van der Waals surface area contributed by atoms with Gasteiger partial charge in [0, 0.05) is 32.6 Å². The highest BCUT2D eigenvalue weighted by molar-refractivity contribution is 5.76. The first-order valence-electron chi connectivity index (χ1n) is 7.51. The minimum absolute atomic E-state index is 0.000354. The first kappa shape index (κ1) is 16.1. The van der Waals surface area contributed by atoms with Gasteiger partial charge in [-0.25, -0.2) is 0 Å². The van der Waals surface area contributed by atoms with Crippen molar-refractivity contribution in [2.24, 2.45) is 0 Å². The van der Waals surface area contributed by atoms with Crippen molar-refractivity contribution >= 4 is 17.3 Å². The number of anilines is 1. The quantitative estimate of drug-likeness (QED) is 0.614. The molecule has 7 heteroatoms. The largest absolute Gasteiger partial charge is 0.487 e. The fourth-order valence-electron chi connectivity index (χ4n) is 2.64. The van der Waals surface area contributed by atoms with Gasteiger partial charge in [-0.05, 0) is 19.1 Å². The van der Waals surface area contributed by atoms with Crippen LogP contribution in [-0.4, -0.2) is 48.5 Å². The predicted molar refractivity (Wildman–Crippen MR) is 83.3 cm³/mol. The van der Waals surface area contributed by atoms with Crippen LogP contribution in [0.4, 0.5) is 11.4 Å². The summed E-state index contributed by atoms with van der Waals surface area (Å²) in [7, 11) is 0. The molecule has 0 spiro atoms. The normalized spacial score (nSPS) is 14.8. The van der Waals surface area contributed by atoms with Gasteiger partial charge in [0.05, 0.1) is 11.5 Å². The molecule has 22 heavy (non-hydrogen) atoms.